The number of hydrogen-bond donors (Lipinski definition) is 1. The molecule has 0 aromatic heterocycles. The third-order valence-corrected chi connectivity index (χ3v) is 4.09. The molecule has 0 heterocycles. The van der Waals surface area contributed by atoms with Gasteiger partial charge >= 0.3 is 0 Å². The summed E-state index contributed by atoms with van der Waals surface area (Å²) in [5.41, 5.74) is 2.28. The molecule has 0 aliphatic carbocycles. The first-order valence-electron chi connectivity index (χ1n) is 6.94. The Bertz CT molecular complexity index is 362. The summed E-state index contributed by atoms with van der Waals surface area (Å²) in [6.45, 7) is 10.3. The molecule has 1 unspecified atom stereocenters. The van der Waals surface area contributed by atoms with E-state index in [1.807, 2.05) is 13.0 Å². The van der Waals surface area contributed by atoms with Crippen molar-refractivity contribution in [1.82, 2.24) is 0 Å². The first-order valence-corrected chi connectivity index (χ1v) is 6.94. The highest BCUT2D eigenvalue weighted by atomic mass is 16.3. The van der Waals surface area contributed by atoms with Crippen molar-refractivity contribution in [3.05, 3.63) is 48.0 Å². The smallest absolute Gasteiger partial charge is 0.0639 e. The van der Waals surface area contributed by atoms with Gasteiger partial charge in [0, 0.05) is 5.41 Å². The predicted octanol–water partition coefficient (Wildman–Crippen LogP) is 4.46. The van der Waals surface area contributed by atoms with Crippen LogP contribution in [0.25, 0.3) is 0 Å². The van der Waals surface area contributed by atoms with Crippen molar-refractivity contribution in [2.24, 2.45) is 0 Å². The van der Waals surface area contributed by atoms with Crippen LogP contribution in [0.15, 0.2) is 42.5 Å². The van der Waals surface area contributed by atoms with Gasteiger partial charge in [0.25, 0.3) is 0 Å². The Kier molecular flexibility index (Phi) is 5.61. The number of aliphatic hydroxyl groups excluding tert-OH is 1. The van der Waals surface area contributed by atoms with Crippen LogP contribution < -0.4 is 0 Å². The van der Waals surface area contributed by atoms with Gasteiger partial charge in [-0.05, 0) is 38.2 Å². The molecule has 0 saturated carbocycles. The molecule has 0 radical (unpaired) electrons. The molecule has 1 atom stereocenters. The van der Waals surface area contributed by atoms with Crippen LogP contribution in [-0.4, -0.2) is 11.2 Å². The van der Waals surface area contributed by atoms with Crippen LogP contribution >= 0.6 is 0 Å². The standard InChI is InChI=1S/C17H26O/c1-5-17(6-2,15-10-8-7-9-11-15)16(18)13-12-14(3)4/h7-11,16,18H,3,5-6,12-13H2,1-2,4H3. The van der Waals surface area contributed by atoms with E-state index < -0.39 is 0 Å². The number of rotatable bonds is 7. The second-order valence-corrected chi connectivity index (χ2v) is 5.24. The van der Waals surface area contributed by atoms with E-state index in [2.05, 4.69) is 44.7 Å². The van der Waals surface area contributed by atoms with Crippen molar-refractivity contribution in [3.63, 3.8) is 0 Å². The zero-order valence-electron chi connectivity index (χ0n) is 11.9. The van der Waals surface area contributed by atoms with Gasteiger partial charge in [-0.3, -0.25) is 0 Å². The molecule has 0 saturated heterocycles. The number of allylic oxidation sites excluding steroid dienone is 1. The van der Waals surface area contributed by atoms with Gasteiger partial charge in [0.1, 0.15) is 0 Å². The average Bonchev–Trinajstić information content (AvgIpc) is 2.39. The van der Waals surface area contributed by atoms with E-state index in [9.17, 15) is 5.11 Å². The first kappa shape index (κ1) is 15.0. The van der Waals surface area contributed by atoms with Crippen molar-refractivity contribution in [2.75, 3.05) is 0 Å². The molecular formula is C17H26O. The molecule has 1 nitrogen and oxygen atoms in total. The van der Waals surface area contributed by atoms with E-state index in [0.717, 1.165) is 31.3 Å². The monoisotopic (exact) mass is 246 g/mol. The van der Waals surface area contributed by atoms with E-state index in [-0.39, 0.29) is 11.5 Å². The Labute approximate surface area is 112 Å². The lowest BCUT2D eigenvalue weighted by molar-refractivity contribution is 0.0658. The van der Waals surface area contributed by atoms with E-state index in [1.165, 1.54) is 5.56 Å². The lowest BCUT2D eigenvalue weighted by Gasteiger charge is -2.37. The van der Waals surface area contributed by atoms with Gasteiger partial charge in [0.2, 0.25) is 0 Å². The molecule has 100 valence electrons. The molecule has 1 N–H and O–H groups in total. The largest absolute Gasteiger partial charge is 0.392 e. The molecule has 0 aliphatic rings. The Hall–Kier alpha value is -1.08. The molecule has 18 heavy (non-hydrogen) atoms. The van der Waals surface area contributed by atoms with Crippen LogP contribution in [0.1, 0.15) is 52.0 Å². The summed E-state index contributed by atoms with van der Waals surface area (Å²) in [7, 11) is 0. The zero-order chi connectivity index (χ0) is 13.6. The van der Waals surface area contributed by atoms with Gasteiger partial charge in [-0.2, -0.15) is 0 Å². The molecular weight excluding hydrogens is 220 g/mol. The number of aliphatic hydroxyl groups is 1. The van der Waals surface area contributed by atoms with Crippen LogP contribution in [0.2, 0.25) is 0 Å². The van der Waals surface area contributed by atoms with Crippen molar-refractivity contribution < 1.29 is 5.11 Å². The van der Waals surface area contributed by atoms with E-state index in [1.54, 1.807) is 0 Å². The fourth-order valence-corrected chi connectivity index (χ4v) is 2.75. The van der Waals surface area contributed by atoms with Crippen LogP contribution in [0, 0.1) is 0 Å². The zero-order valence-corrected chi connectivity index (χ0v) is 11.9. The van der Waals surface area contributed by atoms with Gasteiger partial charge in [-0.15, -0.1) is 6.58 Å². The second-order valence-electron chi connectivity index (χ2n) is 5.24. The second kappa shape index (κ2) is 6.75. The SMILES string of the molecule is C=C(C)CCC(O)C(CC)(CC)c1ccccc1. The highest BCUT2D eigenvalue weighted by Gasteiger charge is 2.35. The summed E-state index contributed by atoms with van der Waals surface area (Å²) in [6.07, 6.45) is 3.32. The van der Waals surface area contributed by atoms with Crippen LogP contribution in [0.3, 0.4) is 0 Å². The van der Waals surface area contributed by atoms with Crippen LogP contribution in [0.4, 0.5) is 0 Å². The summed E-state index contributed by atoms with van der Waals surface area (Å²) in [4.78, 5) is 0. The topological polar surface area (TPSA) is 20.2 Å². The third-order valence-electron chi connectivity index (χ3n) is 4.09. The highest BCUT2D eigenvalue weighted by molar-refractivity contribution is 5.27. The van der Waals surface area contributed by atoms with Crippen molar-refractivity contribution >= 4 is 0 Å². The molecule has 0 aliphatic heterocycles. The fraction of sp³-hybridized carbons (Fsp3) is 0.529. The van der Waals surface area contributed by atoms with E-state index >= 15 is 0 Å². The summed E-state index contributed by atoms with van der Waals surface area (Å²) in [6, 6.07) is 10.4. The lowest BCUT2D eigenvalue weighted by atomic mass is 9.70. The normalized spacial score (nSPS) is 13.3. The Balaban J connectivity index is 2.96. The third kappa shape index (κ3) is 3.23. The highest BCUT2D eigenvalue weighted by Crippen LogP contribution is 2.37. The average molecular weight is 246 g/mol. The molecule has 1 aromatic carbocycles. The van der Waals surface area contributed by atoms with Gasteiger partial charge in [0.15, 0.2) is 0 Å². The molecule has 1 rings (SSSR count). The Morgan fingerprint density at radius 1 is 1.22 bits per heavy atom. The van der Waals surface area contributed by atoms with Gasteiger partial charge in [-0.25, -0.2) is 0 Å². The van der Waals surface area contributed by atoms with Crippen LogP contribution in [-0.2, 0) is 5.41 Å². The minimum atomic E-state index is -0.299. The number of benzene rings is 1. The minimum Gasteiger partial charge on any atom is -0.392 e. The van der Waals surface area contributed by atoms with Crippen molar-refractivity contribution in [3.8, 4) is 0 Å². The minimum absolute atomic E-state index is 0.114. The molecule has 1 aromatic rings. The summed E-state index contributed by atoms with van der Waals surface area (Å²) >= 11 is 0. The fourth-order valence-electron chi connectivity index (χ4n) is 2.75. The maximum Gasteiger partial charge on any atom is 0.0639 e. The summed E-state index contributed by atoms with van der Waals surface area (Å²) < 4.78 is 0. The Morgan fingerprint density at radius 2 is 1.78 bits per heavy atom. The molecule has 1 heteroatoms. The van der Waals surface area contributed by atoms with E-state index in [0.29, 0.717) is 0 Å². The molecule has 0 bridgehead atoms. The van der Waals surface area contributed by atoms with E-state index in [4.69, 9.17) is 0 Å². The first-order chi connectivity index (χ1) is 8.56. The maximum atomic E-state index is 10.6. The van der Waals surface area contributed by atoms with Gasteiger partial charge in [0.05, 0.1) is 6.10 Å². The quantitative estimate of drug-likeness (QED) is 0.704. The lowest BCUT2D eigenvalue weighted by Crippen LogP contribution is -2.38. The van der Waals surface area contributed by atoms with Gasteiger partial charge < -0.3 is 5.11 Å². The van der Waals surface area contributed by atoms with Crippen LogP contribution in [0.5, 0.6) is 0 Å². The summed E-state index contributed by atoms with van der Waals surface area (Å²) in [5.74, 6) is 0. The maximum absolute atomic E-state index is 10.6. The van der Waals surface area contributed by atoms with Gasteiger partial charge in [-0.1, -0.05) is 49.8 Å². The predicted molar refractivity (Wildman–Crippen MR) is 78.8 cm³/mol. The van der Waals surface area contributed by atoms with Crippen molar-refractivity contribution in [1.29, 1.82) is 0 Å². The van der Waals surface area contributed by atoms with Crippen molar-refractivity contribution in [2.45, 2.75) is 58.0 Å². The summed E-state index contributed by atoms with van der Waals surface area (Å²) in [5, 5.41) is 10.6. The molecule has 0 fully saturated rings. The molecule has 0 spiro atoms. The Morgan fingerprint density at radius 3 is 2.22 bits per heavy atom. The molecule has 0 amide bonds. The number of hydrogen-bond acceptors (Lipinski definition) is 1.